The predicted octanol–water partition coefficient (Wildman–Crippen LogP) is 3.00. The fraction of sp³-hybridized carbons (Fsp3) is 0.526. The molecule has 1 aromatic rings. The first-order valence-corrected chi connectivity index (χ1v) is 9.20. The molecule has 2 aliphatic heterocycles. The Labute approximate surface area is 164 Å². The van der Waals surface area contributed by atoms with E-state index in [0.717, 1.165) is 11.1 Å². The van der Waals surface area contributed by atoms with Crippen molar-refractivity contribution in [3.8, 4) is 0 Å². The number of amides is 1. The summed E-state index contributed by atoms with van der Waals surface area (Å²) in [5.74, 6) is -0.419. The summed E-state index contributed by atoms with van der Waals surface area (Å²) in [6, 6.07) is 3.73. The van der Waals surface area contributed by atoms with E-state index in [1.54, 1.807) is 18.2 Å². The molecule has 0 saturated carbocycles. The van der Waals surface area contributed by atoms with Gasteiger partial charge in [-0.05, 0) is 43.9 Å². The Morgan fingerprint density at radius 1 is 1.22 bits per heavy atom. The molecular weight excluding hydrogens is 372 g/mol. The minimum Gasteiger partial charge on any atom is -0.509 e. The number of aliphatic hydroxyl groups excluding tert-OH is 1. The van der Waals surface area contributed by atoms with Gasteiger partial charge in [-0.1, -0.05) is 17.7 Å². The maximum absolute atomic E-state index is 13.3. The van der Waals surface area contributed by atoms with Gasteiger partial charge in [0.15, 0.2) is 6.79 Å². The molecule has 1 fully saturated rings. The predicted molar refractivity (Wildman–Crippen MR) is 101 cm³/mol. The van der Waals surface area contributed by atoms with Gasteiger partial charge in [0, 0.05) is 30.8 Å². The molecule has 1 N–H and O–H groups in total. The number of carbonyl (C=O) groups is 1. The van der Waals surface area contributed by atoms with Crippen LogP contribution in [0.25, 0.3) is 5.57 Å². The highest BCUT2D eigenvalue weighted by atomic mass is 35.5. The van der Waals surface area contributed by atoms with Gasteiger partial charge in [-0.25, -0.2) is 9.90 Å². The van der Waals surface area contributed by atoms with Crippen LogP contribution in [0.2, 0.25) is 5.02 Å². The topological polar surface area (TPSA) is 71.5 Å². The van der Waals surface area contributed by atoms with Gasteiger partial charge in [0.2, 0.25) is 0 Å². The highest BCUT2D eigenvalue weighted by Crippen LogP contribution is 2.47. The fourth-order valence-corrected chi connectivity index (χ4v) is 4.37. The fourth-order valence-electron chi connectivity index (χ4n) is 3.95. The standard InChI is InChI=1S/C19H25ClN2O5/c1-12-9-13(2)15(14(20)10-12)16-17(23)19(5-7-21(26-4)8-6-19)22(18(16)24)27-11-25-3/h9-10,23H,5-8,11H2,1-4H3. The molecule has 7 nitrogen and oxygen atoms in total. The third-order valence-corrected chi connectivity index (χ3v) is 5.55. The summed E-state index contributed by atoms with van der Waals surface area (Å²) in [6.45, 7) is 4.82. The van der Waals surface area contributed by atoms with Crippen LogP contribution >= 0.6 is 11.6 Å². The number of hydrogen-bond donors (Lipinski definition) is 1. The molecule has 1 spiro atoms. The van der Waals surface area contributed by atoms with Crippen LogP contribution < -0.4 is 0 Å². The van der Waals surface area contributed by atoms with E-state index in [-0.39, 0.29) is 18.1 Å². The van der Waals surface area contributed by atoms with Gasteiger partial charge in [-0.3, -0.25) is 4.79 Å². The van der Waals surface area contributed by atoms with Crippen molar-refractivity contribution >= 4 is 23.1 Å². The molecule has 27 heavy (non-hydrogen) atoms. The lowest BCUT2D eigenvalue weighted by Crippen LogP contribution is -2.55. The minimum atomic E-state index is -0.958. The maximum Gasteiger partial charge on any atom is 0.282 e. The molecule has 0 aliphatic carbocycles. The average molecular weight is 397 g/mol. The summed E-state index contributed by atoms with van der Waals surface area (Å²) in [4.78, 5) is 24.2. The molecule has 1 amide bonds. The van der Waals surface area contributed by atoms with Crippen LogP contribution in [0.5, 0.6) is 0 Å². The zero-order chi connectivity index (χ0) is 19.8. The van der Waals surface area contributed by atoms with Crippen LogP contribution in [-0.4, -0.2) is 60.8 Å². The summed E-state index contributed by atoms with van der Waals surface area (Å²) >= 11 is 6.46. The number of rotatable bonds is 5. The molecule has 8 heteroatoms. The molecule has 148 valence electrons. The zero-order valence-corrected chi connectivity index (χ0v) is 16.8. The van der Waals surface area contributed by atoms with Crippen LogP contribution in [0.15, 0.2) is 17.9 Å². The largest absolute Gasteiger partial charge is 0.509 e. The number of nitrogens with zero attached hydrogens (tertiary/aromatic N) is 2. The van der Waals surface area contributed by atoms with Crippen LogP contribution in [0, 0.1) is 13.8 Å². The summed E-state index contributed by atoms with van der Waals surface area (Å²) < 4.78 is 4.99. The second-order valence-electron chi connectivity index (χ2n) is 6.94. The van der Waals surface area contributed by atoms with E-state index in [4.69, 9.17) is 26.0 Å². The number of carbonyl (C=O) groups excluding carboxylic acids is 1. The minimum absolute atomic E-state index is 0.00629. The van der Waals surface area contributed by atoms with E-state index < -0.39 is 11.4 Å². The Hall–Kier alpha value is -1.64. The van der Waals surface area contributed by atoms with E-state index >= 15 is 0 Å². The van der Waals surface area contributed by atoms with Gasteiger partial charge in [0.05, 0.1) is 12.7 Å². The van der Waals surface area contributed by atoms with Crippen molar-refractivity contribution in [2.45, 2.75) is 32.2 Å². The summed E-state index contributed by atoms with van der Waals surface area (Å²) in [6.07, 6.45) is 0.933. The number of aryl methyl sites for hydroxylation is 2. The number of benzene rings is 1. The van der Waals surface area contributed by atoms with Crippen LogP contribution in [-0.2, 0) is 19.2 Å². The third-order valence-electron chi connectivity index (χ3n) is 5.25. The lowest BCUT2D eigenvalue weighted by atomic mass is 9.85. The number of hydrogen-bond acceptors (Lipinski definition) is 6. The first-order chi connectivity index (χ1) is 12.9. The molecule has 0 aromatic heterocycles. The first kappa shape index (κ1) is 20.1. The smallest absolute Gasteiger partial charge is 0.282 e. The lowest BCUT2D eigenvalue weighted by Gasteiger charge is -2.42. The highest BCUT2D eigenvalue weighted by Gasteiger charge is 2.55. The highest BCUT2D eigenvalue weighted by molar-refractivity contribution is 6.35. The van der Waals surface area contributed by atoms with E-state index in [1.807, 2.05) is 19.9 Å². The molecule has 0 bridgehead atoms. The van der Waals surface area contributed by atoms with Crippen molar-refractivity contribution in [3.05, 3.63) is 39.6 Å². The Morgan fingerprint density at radius 3 is 2.44 bits per heavy atom. The van der Waals surface area contributed by atoms with Gasteiger partial charge in [-0.15, -0.1) is 0 Å². The SMILES string of the molecule is COCON1C(=O)C(c2c(C)cc(C)cc2Cl)=C(O)C12CCN(OC)CC2. The van der Waals surface area contributed by atoms with Gasteiger partial charge in [0.1, 0.15) is 11.3 Å². The van der Waals surface area contributed by atoms with Crippen molar-refractivity contribution in [2.75, 3.05) is 34.1 Å². The first-order valence-electron chi connectivity index (χ1n) is 8.82. The average Bonchev–Trinajstić information content (AvgIpc) is 2.82. The molecule has 0 radical (unpaired) electrons. The van der Waals surface area contributed by atoms with Crippen molar-refractivity contribution in [3.63, 3.8) is 0 Å². The van der Waals surface area contributed by atoms with Crippen LogP contribution in [0.4, 0.5) is 0 Å². The Balaban J connectivity index is 2.10. The number of hydroxylamine groups is 4. The van der Waals surface area contributed by atoms with E-state index in [0.29, 0.717) is 36.5 Å². The van der Waals surface area contributed by atoms with Crippen LogP contribution in [0.3, 0.4) is 0 Å². The lowest BCUT2D eigenvalue weighted by molar-refractivity contribution is -0.259. The van der Waals surface area contributed by atoms with Crippen molar-refractivity contribution < 1.29 is 24.3 Å². The van der Waals surface area contributed by atoms with Gasteiger partial charge >= 0.3 is 0 Å². The number of halogens is 1. The molecule has 2 heterocycles. The second-order valence-corrected chi connectivity index (χ2v) is 7.35. The second kappa shape index (κ2) is 7.77. The molecule has 0 atom stereocenters. The normalized spacial score (nSPS) is 20.2. The van der Waals surface area contributed by atoms with Crippen molar-refractivity contribution in [1.82, 2.24) is 10.1 Å². The maximum atomic E-state index is 13.3. The monoisotopic (exact) mass is 396 g/mol. The van der Waals surface area contributed by atoms with E-state index in [2.05, 4.69) is 0 Å². The summed E-state index contributed by atoms with van der Waals surface area (Å²) in [7, 11) is 3.09. The number of methoxy groups -OCH3 is 1. The summed E-state index contributed by atoms with van der Waals surface area (Å²) in [5, 5.41) is 14.7. The molecule has 2 aliphatic rings. The molecule has 1 saturated heterocycles. The molecule has 0 unspecified atom stereocenters. The number of aliphatic hydroxyl groups is 1. The molecule has 3 rings (SSSR count). The number of piperidine rings is 1. The zero-order valence-electron chi connectivity index (χ0n) is 16.0. The van der Waals surface area contributed by atoms with E-state index in [1.165, 1.54) is 12.2 Å². The Morgan fingerprint density at radius 2 is 1.89 bits per heavy atom. The van der Waals surface area contributed by atoms with Gasteiger partial charge in [0.25, 0.3) is 5.91 Å². The van der Waals surface area contributed by atoms with Crippen molar-refractivity contribution in [1.29, 1.82) is 0 Å². The van der Waals surface area contributed by atoms with Gasteiger partial charge in [-0.2, -0.15) is 5.06 Å². The van der Waals surface area contributed by atoms with Crippen molar-refractivity contribution in [2.24, 2.45) is 0 Å². The van der Waals surface area contributed by atoms with E-state index in [9.17, 15) is 9.90 Å². The quantitative estimate of drug-likeness (QED) is 0.771. The third kappa shape index (κ3) is 3.34. The Kier molecular flexibility index (Phi) is 5.79. The molecular formula is C19H25ClN2O5. The van der Waals surface area contributed by atoms with Crippen LogP contribution in [0.1, 0.15) is 29.5 Å². The summed E-state index contributed by atoms with van der Waals surface area (Å²) in [5.41, 5.74) is 1.59. The Bertz CT molecular complexity index is 748. The molecule has 1 aromatic carbocycles. The number of ether oxygens (including phenoxy) is 1. The van der Waals surface area contributed by atoms with Gasteiger partial charge < -0.3 is 14.7 Å².